The highest BCUT2D eigenvalue weighted by Gasteiger charge is 2.38. The van der Waals surface area contributed by atoms with Crippen LogP contribution in [0.4, 0.5) is 0 Å². The number of aromatic hydroxyl groups is 1. The molecule has 4 aromatic rings. The van der Waals surface area contributed by atoms with Crippen LogP contribution in [0, 0.1) is 13.8 Å². The van der Waals surface area contributed by atoms with Gasteiger partial charge in [0.15, 0.2) is 0 Å². The fourth-order valence-electron chi connectivity index (χ4n) is 7.26. The third kappa shape index (κ3) is 6.15. The number of likely N-dealkylation sites (tertiary alicyclic amines) is 1. The van der Waals surface area contributed by atoms with Crippen molar-refractivity contribution in [2.45, 2.75) is 130 Å². The molecule has 0 aliphatic carbocycles. The number of phenols is 1. The molecule has 1 saturated heterocycles. The van der Waals surface area contributed by atoms with Gasteiger partial charge in [-0.2, -0.15) is 0 Å². The second-order valence-electron chi connectivity index (χ2n) is 13.5. The van der Waals surface area contributed by atoms with Gasteiger partial charge < -0.3 is 19.1 Å². The molecule has 1 N–H and O–H groups in total. The van der Waals surface area contributed by atoms with Gasteiger partial charge in [-0.05, 0) is 158 Å². The SMILES string of the molecule is [2H]C1(C)N(C(C)C(C)Oc2ccc(C(C)(C)n3c(-c4ccc(O)cc4)c(CC)c4cc(OC)c(C)cc43)c(C)c2)C(C)(C)C([2H])([2H])C([2H])([2H])C([2H])([2H])C1([2H])[2H]. The van der Waals surface area contributed by atoms with Crippen LogP contribution in [-0.4, -0.2) is 45.4 Å². The molecule has 46 heavy (non-hydrogen) atoms. The summed E-state index contributed by atoms with van der Waals surface area (Å²) in [4.78, 5) is 1.25. The van der Waals surface area contributed by atoms with Crippen molar-refractivity contribution in [1.29, 1.82) is 0 Å². The number of fused-ring (bicyclic) bond motifs is 1. The number of methoxy groups -OCH3 is 1. The Bertz CT molecular complexity index is 2050. The number of ether oxygens (including phenoxy) is 2. The maximum absolute atomic E-state index is 10.2. The Morgan fingerprint density at radius 3 is 2.37 bits per heavy atom. The maximum Gasteiger partial charge on any atom is 0.122 e. The summed E-state index contributed by atoms with van der Waals surface area (Å²) < 4.78 is 93.7. The average molecular weight is 634 g/mol. The summed E-state index contributed by atoms with van der Waals surface area (Å²) in [5.74, 6) is 1.48. The molecular formula is C41H56N2O3. The molecule has 2 heterocycles. The minimum Gasteiger partial charge on any atom is -0.508 e. The Balaban J connectivity index is 1.58. The predicted molar refractivity (Wildman–Crippen MR) is 193 cm³/mol. The number of nitrogens with zero attached hydrogens (tertiary/aromatic N) is 2. The third-order valence-electron chi connectivity index (χ3n) is 9.55. The molecule has 5 rings (SSSR count). The van der Waals surface area contributed by atoms with Crippen LogP contribution < -0.4 is 9.47 Å². The molecule has 1 fully saturated rings. The number of aryl methyl sites for hydroxylation is 3. The molecule has 1 aliphatic heterocycles. The van der Waals surface area contributed by atoms with Crippen LogP contribution in [0.1, 0.15) is 115 Å². The van der Waals surface area contributed by atoms with Gasteiger partial charge >= 0.3 is 0 Å². The van der Waals surface area contributed by atoms with Crippen molar-refractivity contribution in [2.75, 3.05) is 7.11 Å². The van der Waals surface area contributed by atoms with Gasteiger partial charge in [-0.3, -0.25) is 4.90 Å². The second-order valence-corrected chi connectivity index (χ2v) is 13.5. The van der Waals surface area contributed by atoms with Gasteiger partial charge in [0.25, 0.3) is 0 Å². The molecule has 0 amide bonds. The van der Waals surface area contributed by atoms with E-state index >= 15 is 0 Å². The van der Waals surface area contributed by atoms with Crippen molar-refractivity contribution in [3.05, 3.63) is 76.9 Å². The largest absolute Gasteiger partial charge is 0.508 e. The summed E-state index contributed by atoms with van der Waals surface area (Å²) in [5.41, 5.74) is 4.67. The van der Waals surface area contributed by atoms with Gasteiger partial charge in [0.1, 0.15) is 23.4 Å². The number of rotatable bonds is 9. The van der Waals surface area contributed by atoms with E-state index in [0.717, 1.165) is 56.6 Å². The van der Waals surface area contributed by atoms with Crippen LogP contribution in [0.25, 0.3) is 22.2 Å². The Morgan fingerprint density at radius 1 is 1.04 bits per heavy atom. The highest BCUT2D eigenvalue weighted by atomic mass is 16.5. The van der Waals surface area contributed by atoms with Gasteiger partial charge in [0, 0.05) is 35.3 Å². The van der Waals surface area contributed by atoms with Crippen LogP contribution in [0.3, 0.4) is 0 Å². The van der Waals surface area contributed by atoms with Gasteiger partial charge in [-0.1, -0.05) is 25.7 Å². The van der Waals surface area contributed by atoms with E-state index in [0.29, 0.717) is 5.75 Å². The number of aromatic nitrogens is 1. The fraction of sp³-hybridized carbons (Fsp3) is 0.512. The van der Waals surface area contributed by atoms with E-state index < -0.39 is 54.7 Å². The lowest BCUT2D eigenvalue weighted by atomic mass is 9.89. The highest BCUT2D eigenvalue weighted by Crippen LogP contribution is 2.44. The molecule has 248 valence electrons. The zero-order chi connectivity index (χ0) is 41.6. The van der Waals surface area contributed by atoms with E-state index in [-0.39, 0.29) is 5.75 Å². The van der Waals surface area contributed by atoms with Crippen LogP contribution in [0.2, 0.25) is 0 Å². The summed E-state index contributed by atoms with van der Waals surface area (Å²) in [6.45, 7) is 17.9. The highest BCUT2D eigenvalue weighted by molar-refractivity contribution is 5.94. The monoisotopic (exact) mass is 633 g/mol. The minimum atomic E-state index is -3.36. The average Bonchev–Trinajstić information content (AvgIpc) is 3.40. The van der Waals surface area contributed by atoms with Crippen LogP contribution >= 0.6 is 0 Å². The first-order valence-corrected chi connectivity index (χ1v) is 16.2. The summed E-state index contributed by atoms with van der Waals surface area (Å²) >= 11 is 0. The number of hydrogen-bond acceptors (Lipinski definition) is 4. The van der Waals surface area contributed by atoms with Crippen molar-refractivity contribution in [1.82, 2.24) is 9.47 Å². The first-order chi connectivity index (χ1) is 25.1. The van der Waals surface area contributed by atoms with Crippen LogP contribution in [0.15, 0.2) is 54.6 Å². The number of benzene rings is 3. The lowest BCUT2D eigenvalue weighted by molar-refractivity contribution is -0.00893. The molecule has 3 aromatic carbocycles. The van der Waals surface area contributed by atoms with E-state index in [1.165, 1.54) is 25.7 Å². The van der Waals surface area contributed by atoms with Gasteiger partial charge in [0.05, 0.1) is 23.9 Å². The zero-order valence-electron chi connectivity index (χ0n) is 38.2. The first kappa shape index (κ1) is 23.8. The molecule has 1 aromatic heterocycles. The summed E-state index contributed by atoms with van der Waals surface area (Å²) in [6, 6.07) is 14.0. The summed E-state index contributed by atoms with van der Waals surface area (Å²) in [5, 5.41) is 11.2. The maximum atomic E-state index is 10.2. The molecule has 0 spiro atoms. The minimum absolute atomic E-state index is 0.183. The molecule has 0 saturated carbocycles. The molecule has 1 aliphatic rings. The third-order valence-corrected chi connectivity index (χ3v) is 9.55. The molecular weight excluding hydrogens is 568 g/mol. The molecule has 5 heteroatoms. The van der Waals surface area contributed by atoms with Gasteiger partial charge in [-0.15, -0.1) is 0 Å². The van der Waals surface area contributed by atoms with E-state index in [4.69, 9.17) is 20.4 Å². The van der Waals surface area contributed by atoms with Crippen molar-refractivity contribution in [3.8, 4) is 28.5 Å². The first-order valence-electron chi connectivity index (χ1n) is 20.7. The lowest BCUT2D eigenvalue weighted by Gasteiger charge is -2.46. The molecule has 3 atom stereocenters. The smallest absolute Gasteiger partial charge is 0.122 e. The van der Waals surface area contributed by atoms with Crippen molar-refractivity contribution < 1.29 is 26.9 Å². The zero-order valence-corrected chi connectivity index (χ0v) is 29.2. The van der Waals surface area contributed by atoms with Crippen LogP contribution in [0.5, 0.6) is 17.2 Å². The Hall–Kier alpha value is -3.44. The molecule has 3 unspecified atom stereocenters. The van der Waals surface area contributed by atoms with Crippen molar-refractivity contribution in [3.63, 3.8) is 0 Å². The molecule has 5 nitrogen and oxygen atoms in total. The number of hydrogen-bond donors (Lipinski definition) is 1. The van der Waals surface area contributed by atoms with Crippen molar-refractivity contribution in [2.24, 2.45) is 0 Å². The predicted octanol–water partition coefficient (Wildman–Crippen LogP) is 10.2. The normalized spacial score (nSPS) is 27.6. The quantitative estimate of drug-likeness (QED) is 0.199. The number of phenolic OH excluding ortho intramolecular Hbond substituents is 1. The summed E-state index contributed by atoms with van der Waals surface area (Å²) in [6.07, 6.45) is -12.7. The van der Waals surface area contributed by atoms with Crippen molar-refractivity contribution >= 4 is 10.9 Å². The van der Waals surface area contributed by atoms with Gasteiger partial charge in [-0.25, -0.2) is 0 Å². The second kappa shape index (κ2) is 13.0. The van der Waals surface area contributed by atoms with Gasteiger partial charge in [0.2, 0.25) is 0 Å². The Kier molecular flexibility index (Phi) is 6.72. The van der Waals surface area contributed by atoms with E-state index in [1.54, 1.807) is 33.1 Å². The summed E-state index contributed by atoms with van der Waals surface area (Å²) in [7, 11) is 1.67. The standard InChI is InChI=1S/C41H56N2O3/c1-12-34-35-25-38(45-11)27(3)24-37(35)43(39(34)31-16-18-32(44)19-17-31)41(9,10)36-21-20-33(23-26(36)2)46-30(6)29(5)42-28(4)15-13-14-22-40(42,7)8/h16-21,23-25,28-30,44H,12-15,22H2,1-11H3/i13D2,14D2,15D2,22D2,28D. The lowest BCUT2D eigenvalue weighted by Crippen LogP contribution is -2.56. The van der Waals surface area contributed by atoms with Crippen LogP contribution in [-0.2, 0) is 12.0 Å². The molecule has 0 bridgehead atoms. The fourth-order valence-corrected chi connectivity index (χ4v) is 7.26. The Labute approximate surface area is 290 Å². The topological polar surface area (TPSA) is 46.9 Å². The molecule has 0 radical (unpaired) electrons. The van der Waals surface area contributed by atoms with E-state index in [2.05, 4.69) is 37.5 Å². The Morgan fingerprint density at radius 2 is 1.74 bits per heavy atom. The van der Waals surface area contributed by atoms with E-state index in [9.17, 15) is 6.48 Å². The van der Waals surface area contributed by atoms with E-state index in [1.807, 2.05) is 44.2 Å².